The molecular weight excluding hydrogens is 258 g/mol. The lowest BCUT2D eigenvalue weighted by Gasteiger charge is -2.10. The largest absolute Gasteiger partial charge is 0.369 e. The molecule has 1 aromatic heterocycles. The van der Waals surface area contributed by atoms with E-state index in [1.165, 1.54) is 0 Å². The number of rotatable bonds is 6. The van der Waals surface area contributed by atoms with Crippen LogP contribution in [0.1, 0.15) is 25.8 Å². The lowest BCUT2D eigenvalue weighted by molar-refractivity contribution is -0.127. The first-order valence-corrected chi connectivity index (χ1v) is 6.67. The standard InChI is InChI=1S/C14H19N3O3/c1-3-9(2)20-8-13(18)15-7-10-4-5-11-12(6-10)17-14(19)16-11/h4-6,9H,3,7-8H2,1-2H3,(H,15,18)(H2,16,17,19)/t9-/m0/s1. The van der Waals surface area contributed by atoms with Crippen LogP contribution in [0.5, 0.6) is 0 Å². The van der Waals surface area contributed by atoms with Gasteiger partial charge in [0.05, 0.1) is 17.1 Å². The second-order valence-electron chi connectivity index (χ2n) is 4.77. The number of carbonyl (C=O) groups is 1. The lowest BCUT2D eigenvalue weighted by Crippen LogP contribution is -2.28. The average Bonchev–Trinajstić information content (AvgIpc) is 2.81. The molecule has 1 atom stereocenters. The Labute approximate surface area is 116 Å². The Morgan fingerprint density at radius 3 is 2.85 bits per heavy atom. The summed E-state index contributed by atoms with van der Waals surface area (Å²) in [6.07, 6.45) is 0.965. The average molecular weight is 277 g/mol. The molecule has 1 aromatic carbocycles. The second-order valence-corrected chi connectivity index (χ2v) is 4.77. The van der Waals surface area contributed by atoms with E-state index in [1.54, 1.807) is 0 Å². The zero-order valence-electron chi connectivity index (χ0n) is 11.7. The number of hydrogen-bond acceptors (Lipinski definition) is 3. The fourth-order valence-corrected chi connectivity index (χ4v) is 1.78. The van der Waals surface area contributed by atoms with Gasteiger partial charge in [-0.05, 0) is 31.0 Å². The number of aromatic nitrogens is 2. The summed E-state index contributed by atoms with van der Waals surface area (Å²) < 4.78 is 5.35. The Hall–Kier alpha value is -2.08. The first-order chi connectivity index (χ1) is 9.58. The molecule has 0 saturated carbocycles. The minimum atomic E-state index is -0.233. The number of carbonyl (C=O) groups excluding carboxylic acids is 1. The van der Waals surface area contributed by atoms with Crippen LogP contribution in [0, 0.1) is 0 Å². The minimum Gasteiger partial charge on any atom is -0.369 e. The monoisotopic (exact) mass is 277 g/mol. The molecule has 6 heteroatoms. The molecule has 108 valence electrons. The van der Waals surface area contributed by atoms with Crippen LogP contribution in [0.3, 0.4) is 0 Å². The number of amides is 1. The predicted octanol–water partition coefficient (Wildman–Crippen LogP) is 1.29. The maximum absolute atomic E-state index is 11.6. The van der Waals surface area contributed by atoms with Crippen LogP contribution in [-0.2, 0) is 16.1 Å². The van der Waals surface area contributed by atoms with E-state index in [-0.39, 0.29) is 24.3 Å². The molecule has 3 N–H and O–H groups in total. The van der Waals surface area contributed by atoms with E-state index in [4.69, 9.17) is 4.74 Å². The molecule has 6 nitrogen and oxygen atoms in total. The first kappa shape index (κ1) is 14.3. The van der Waals surface area contributed by atoms with Gasteiger partial charge in [-0.1, -0.05) is 13.0 Å². The smallest absolute Gasteiger partial charge is 0.323 e. The predicted molar refractivity (Wildman–Crippen MR) is 76.5 cm³/mol. The third-order valence-corrected chi connectivity index (χ3v) is 3.14. The molecule has 0 unspecified atom stereocenters. The Bertz CT molecular complexity index is 644. The van der Waals surface area contributed by atoms with Crippen molar-refractivity contribution in [2.75, 3.05) is 6.61 Å². The van der Waals surface area contributed by atoms with Crippen molar-refractivity contribution in [1.82, 2.24) is 15.3 Å². The Balaban J connectivity index is 1.88. The first-order valence-electron chi connectivity index (χ1n) is 6.67. The number of fused-ring (bicyclic) bond motifs is 1. The van der Waals surface area contributed by atoms with E-state index in [9.17, 15) is 9.59 Å². The summed E-state index contributed by atoms with van der Waals surface area (Å²) in [4.78, 5) is 28.1. The quantitative estimate of drug-likeness (QED) is 0.743. The summed E-state index contributed by atoms with van der Waals surface area (Å²) >= 11 is 0. The van der Waals surface area contributed by atoms with Gasteiger partial charge in [-0.15, -0.1) is 0 Å². The van der Waals surface area contributed by atoms with E-state index in [2.05, 4.69) is 15.3 Å². The molecule has 1 amide bonds. The third kappa shape index (κ3) is 3.71. The third-order valence-electron chi connectivity index (χ3n) is 3.14. The van der Waals surface area contributed by atoms with Gasteiger partial charge in [0.2, 0.25) is 5.91 Å². The van der Waals surface area contributed by atoms with Crippen LogP contribution < -0.4 is 11.0 Å². The van der Waals surface area contributed by atoms with Crippen LogP contribution >= 0.6 is 0 Å². The highest BCUT2D eigenvalue weighted by Crippen LogP contribution is 2.09. The molecule has 0 radical (unpaired) electrons. The molecule has 0 saturated heterocycles. The van der Waals surface area contributed by atoms with Gasteiger partial charge in [0.15, 0.2) is 0 Å². The summed E-state index contributed by atoms with van der Waals surface area (Å²) in [6, 6.07) is 5.51. The van der Waals surface area contributed by atoms with Crippen LogP contribution in [-0.4, -0.2) is 28.6 Å². The Kier molecular flexibility index (Phi) is 4.57. The van der Waals surface area contributed by atoms with Gasteiger partial charge in [0, 0.05) is 6.54 Å². The Morgan fingerprint density at radius 2 is 2.10 bits per heavy atom. The minimum absolute atomic E-state index is 0.0677. The molecule has 20 heavy (non-hydrogen) atoms. The lowest BCUT2D eigenvalue weighted by atomic mass is 10.2. The van der Waals surface area contributed by atoms with Gasteiger partial charge < -0.3 is 20.0 Å². The van der Waals surface area contributed by atoms with Gasteiger partial charge in [0.25, 0.3) is 0 Å². The number of aromatic amines is 2. The SMILES string of the molecule is CC[C@H](C)OCC(=O)NCc1ccc2[nH]c(=O)[nH]c2c1. The maximum atomic E-state index is 11.6. The van der Waals surface area contributed by atoms with Crippen molar-refractivity contribution in [2.45, 2.75) is 32.9 Å². The maximum Gasteiger partial charge on any atom is 0.323 e. The second kappa shape index (κ2) is 6.38. The fourth-order valence-electron chi connectivity index (χ4n) is 1.78. The van der Waals surface area contributed by atoms with Crippen molar-refractivity contribution in [2.24, 2.45) is 0 Å². The summed E-state index contributed by atoms with van der Waals surface area (Å²) in [5.74, 6) is -0.145. The number of imidazole rings is 1. The number of benzene rings is 1. The van der Waals surface area contributed by atoms with E-state index in [0.29, 0.717) is 6.54 Å². The summed E-state index contributed by atoms with van der Waals surface area (Å²) in [5, 5.41) is 2.78. The van der Waals surface area contributed by atoms with Crippen molar-refractivity contribution in [3.63, 3.8) is 0 Å². The molecule has 0 fully saturated rings. The normalized spacial score (nSPS) is 12.5. The van der Waals surface area contributed by atoms with Crippen molar-refractivity contribution < 1.29 is 9.53 Å². The molecular formula is C14H19N3O3. The molecule has 0 aliphatic carbocycles. The molecule has 0 bridgehead atoms. The van der Waals surface area contributed by atoms with E-state index in [1.807, 2.05) is 32.0 Å². The number of H-pyrrole nitrogens is 2. The highest BCUT2D eigenvalue weighted by atomic mass is 16.5. The molecule has 2 aromatic rings. The molecule has 0 aliphatic rings. The van der Waals surface area contributed by atoms with Gasteiger partial charge >= 0.3 is 5.69 Å². The van der Waals surface area contributed by atoms with Gasteiger partial charge in [-0.3, -0.25) is 4.79 Å². The Morgan fingerprint density at radius 1 is 1.35 bits per heavy atom. The molecule has 0 spiro atoms. The van der Waals surface area contributed by atoms with Crippen LogP contribution in [0.2, 0.25) is 0 Å². The highest BCUT2D eigenvalue weighted by molar-refractivity contribution is 5.78. The summed E-state index contributed by atoms with van der Waals surface area (Å²) in [7, 11) is 0. The summed E-state index contributed by atoms with van der Waals surface area (Å²) in [5.41, 5.74) is 2.18. The van der Waals surface area contributed by atoms with E-state index in [0.717, 1.165) is 23.0 Å². The van der Waals surface area contributed by atoms with Gasteiger partial charge in [0.1, 0.15) is 6.61 Å². The van der Waals surface area contributed by atoms with Gasteiger partial charge in [-0.25, -0.2) is 4.79 Å². The van der Waals surface area contributed by atoms with Crippen LogP contribution in [0.25, 0.3) is 11.0 Å². The summed E-state index contributed by atoms with van der Waals surface area (Å²) in [6.45, 7) is 4.42. The van der Waals surface area contributed by atoms with Crippen LogP contribution in [0.15, 0.2) is 23.0 Å². The number of nitrogens with one attached hydrogen (secondary N) is 3. The van der Waals surface area contributed by atoms with Crippen LogP contribution in [0.4, 0.5) is 0 Å². The van der Waals surface area contributed by atoms with Gasteiger partial charge in [-0.2, -0.15) is 0 Å². The van der Waals surface area contributed by atoms with Crippen molar-refractivity contribution in [1.29, 1.82) is 0 Å². The molecule has 1 heterocycles. The van der Waals surface area contributed by atoms with Crippen molar-refractivity contribution in [3.8, 4) is 0 Å². The zero-order valence-corrected chi connectivity index (χ0v) is 11.7. The van der Waals surface area contributed by atoms with Crippen molar-refractivity contribution in [3.05, 3.63) is 34.2 Å². The van der Waals surface area contributed by atoms with Crippen molar-refractivity contribution >= 4 is 16.9 Å². The van der Waals surface area contributed by atoms with E-state index < -0.39 is 0 Å². The molecule has 2 rings (SSSR count). The molecule has 0 aliphatic heterocycles. The number of hydrogen-bond donors (Lipinski definition) is 3. The fraction of sp³-hybridized carbons (Fsp3) is 0.429. The topological polar surface area (TPSA) is 87.0 Å². The highest BCUT2D eigenvalue weighted by Gasteiger charge is 2.05. The van der Waals surface area contributed by atoms with E-state index >= 15 is 0 Å². The number of ether oxygens (including phenoxy) is 1. The zero-order chi connectivity index (χ0) is 14.5.